The van der Waals surface area contributed by atoms with Gasteiger partial charge in [0.1, 0.15) is 5.75 Å². The summed E-state index contributed by atoms with van der Waals surface area (Å²) in [6, 6.07) is 3.64. The number of nitrogens with zero attached hydrogens (tertiary/aromatic N) is 1. The van der Waals surface area contributed by atoms with Gasteiger partial charge in [0.05, 0.1) is 0 Å². The molecule has 1 amide bonds. The van der Waals surface area contributed by atoms with E-state index in [1.54, 1.807) is 6.92 Å². The van der Waals surface area contributed by atoms with E-state index in [4.69, 9.17) is 4.74 Å². The van der Waals surface area contributed by atoms with Crippen molar-refractivity contribution in [1.82, 2.24) is 4.90 Å². The number of ether oxygens (including phenoxy) is 1. The summed E-state index contributed by atoms with van der Waals surface area (Å²) in [5.41, 5.74) is 0. The third kappa shape index (κ3) is 3.76. The first-order valence-electron chi connectivity index (χ1n) is 7.84. The van der Waals surface area contributed by atoms with Crippen LogP contribution in [0.1, 0.15) is 46.5 Å². The fraction of sp³-hybridized carbons (Fsp3) is 0.588. The molecule has 1 saturated carbocycles. The molecule has 0 bridgehead atoms. The van der Waals surface area contributed by atoms with E-state index in [-0.39, 0.29) is 23.7 Å². The lowest BCUT2D eigenvalue weighted by molar-refractivity contribution is -0.142. The normalized spacial score (nSPS) is 16.8. The number of carbonyl (C=O) groups excluding carboxylic acids is 1. The van der Waals surface area contributed by atoms with E-state index >= 15 is 0 Å². The van der Waals surface area contributed by atoms with Gasteiger partial charge in [0.15, 0.2) is 17.7 Å². The highest BCUT2D eigenvalue weighted by Gasteiger charge is 2.32. The first-order valence-corrected chi connectivity index (χ1v) is 7.84. The van der Waals surface area contributed by atoms with E-state index in [1.807, 2.05) is 18.7 Å². The molecule has 1 aliphatic rings. The van der Waals surface area contributed by atoms with Crippen molar-refractivity contribution in [3.8, 4) is 5.75 Å². The standard InChI is InChI=1S/C17H23F2NO2/c1-11(2)20(13-6-4-5-7-13)17(21)12(3)22-14-8-9-15(18)16(19)10-14/h8-13H,4-7H2,1-3H3. The van der Waals surface area contributed by atoms with Crippen molar-refractivity contribution in [3.05, 3.63) is 29.8 Å². The minimum absolute atomic E-state index is 0.0894. The van der Waals surface area contributed by atoms with E-state index < -0.39 is 17.7 Å². The lowest BCUT2D eigenvalue weighted by Gasteiger charge is -2.34. The number of hydrogen-bond acceptors (Lipinski definition) is 2. The van der Waals surface area contributed by atoms with Crippen LogP contribution in [-0.2, 0) is 4.79 Å². The molecule has 0 N–H and O–H groups in total. The van der Waals surface area contributed by atoms with E-state index in [9.17, 15) is 13.6 Å². The van der Waals surface area contributed by atoms with Crippen molar-refractivity contribution >= 4 is 5.91 Å². The molecule has 0 aromatic heterocycles. The molecule has 0 radical (unpaired) electrons. The molecule has 1 fully saturated rings. The van der Waals surface area contributed by atoms with Gasteiger partial charge in [-0.1, -0.05) is 12.8 Å². The van der Waals surface area contributed by atoms with Gasteiger partial charge in [0.25, 0.3) is 5.91 Å². The summed E-state index contributed by atoms with van der Waals surface area (Å²) in [5, 5.41) is 0. The first-order chi connectivity index (χ1) is 10.4. The molecule has 2 rings (SSSR count). The number of carbonyl (C=O) groups is 1. The van der Waals surface area contributed by atoms with Gasteiger partial charge < -0.3 is 9.64 Å². The second kappa shape index (κ2) is 7.07. The molecule has 1 aliphatic carbocycles. The Kier molecular flexibility index (Phi) is 5.37. The summed E-state index contributed by atoms with van der Waals surface area (Å²) >= 11 is 0. The Morgan fingerprint density at radius 2 is 1.82 bits per heavy atom. The third-order valence-corrected chi connectivity index (χ3v) is 4.08. The molecule has 122 valence electrons. The molecule has 1 atom stereocenters. The molecule has 1 aromatic rings. The van der Waals surface area contributed by atoms with Crippen molar-refractivity contribution in [2.75, 3.05) is 0 Å². The maximum atomic E-state index is 13.2. The van der Waals surface area contributed by atoms with Gasteiger partial charge in [0.2, 0.25) is 0 Å². The van der Waals surface area contributed by atoms with E-state index in [1.165, 1.54) is 6.07 Å². The fourth-order valence-electron chi connectivity index (χ4n) is 3.05. The van der Waals surface area contributed by atoms with Crippen LogP contribution in [0.5, 0.6) is 5.75 Å². The maximum Gasteiger partial charge on any atom is 0.263 e. The van der Waals surface area contributed by atoms with Gasteiger partial charge in [-0.25, -0.2) is 8.78 Å². The van der Waals surface area contributed by atoms with Crippen LogP contribution in [0.2, 0.25) is 0 Å². The van der Waals surface area contributed by atoms with Crippen LogP contribution >= 0.6 is 0 Å². The zero-order valence-corrected chi connectivity index (χ0v) is 13.3. The number of halogens is 2. The average molecular weight is 311 g/mol. The summed E-state index contributed by atoms with van der Waals surface area (Å²) in [6.45, 7) is 5.62. The van der Waals surface area contributed by atoms with Crippen molar-refractivity contribution in [2.24, 2.45) is 0 Å². The van der Waals surface area contributed by atoms with Gasteiger partial charge in [0, 0.05) is 18.2 Å². The maximum absolute atomic E-state index is 13.2. The topological polar surface area (TPSA) is 29.5 Å². The Balaban J connectivity index is 2.07. The highest BCUT2D eigenvalue weighted by Crippen LogP contribution is 2.26. The van der Waals surface area contributed by atoms with Crippen LogP contribution in [0.15, 0.2) is 18.2 Å². The van der Waals surface area contributed by atoms with Crippen molar-refractivity contribution in [3.63, 3.8) is 0 Å². The zero-order chi connectivity index (χ0) is 16.3. The zero-order valence-electron chi connectivity index (χ0n) is 13.3. The molecule has 22 heavy (non-hydrogen) atoms. The summed E-state index contributed by atoms with van der Waals surface area (Å²) in [6.07, 6.45) is 3.58. The number of benzene rings is 1. The van der Waals surface area contributed by atoms with E-state index in [2.05, 4.69) is 0 Å². The van der Waals surface area contributed by atoms with Gasteiger partial charge >= 0.3 is 0 Å². The number of hydrogen-bond donors (Lipinski definition) is 0. The summed E-state index contributed by atoms with van der Waals surface area (Å²) in [5.74, 6) is -1.85. The Morgan fingerprint density at radius 3 is 2.36 bits per heavy atom. The predicted molar refractivity (Wildman–Crippen MR) is 80.7 cm³/mol. The molecule has 1 unspecified atom stereocenters. The second-order valence-corrected chi connectivity index (χ2v) is 6.11. The molecule has 3 nitrogen and oxygen atoms in total. The van der Waals surface area contributed by atoms with Crippen LogP contribution in [0.3, 0.4) is 0 Å². The molecule has 0 heterocycles. The monoisotopic (exact) mass is 311 g/mol. The molecule has 0 aliphatic heterocycles. The predicted octanol–water partition coefficient (Wildman–Crippen LogP) is 3.91. The van der Waals surface area contributed by atoms with Crippen LogP contribution in [-0.4, -0.2) is 29.0 Å². The lowest BCUT2D eigenvalue weighted by atomic mass is 10.1. The quantitative estimate of drug-likeness (QED) is 0.825. The lowest BCUT2D eigenvalue weighted by Crippen LogP contribution is -2.49. The van der Waals surface area contributed by atoms with Gasteiger partial charge in [-0.3, -0.25) is 4.79 Å². The van der Waals surface area contributed by atoms with Gasteiger partial charge in [-0.05, 0) is 45.7 Å². The highest BCUT2D eigenvalue weighted by atomic mass is 19.2. The van der Waals surface area contributed by atoms with Gasteiger partial charge in [-0.2, -0.15) is 0 Å². The number of amides is 1. The SMILES string of the molecule is CC(Oc1ccc(F)c(F)c1)C(=O)N(C(C)C)C1CCCC1. The third-order valence-electron chi connectivity index (χ3n) is 4.08. The minimum atomic E-state index is -0.978. The molecular formula is C17H23F2NO2. The Hall–Kier alpha value is -1.65. The largest absolute Gasteiger partial charge is 0.481 e. The van der Waals surface area contributed by atoms with Crippen molar-refractivity contribution in [1.29, 1.82) is 0 Å². The highest BCUT2D eigenvalue weighted by molar-refractivity contribution is 5.81. The van der Waals surface area contributed by atoms with Crippen LogP contribution in [0, 0.1) is 11.6 Å². The van der Waals surface area contributed by atoms with Gasteiger partial charge in [-0.15, -0.1) is 0 Å². The summed E-state index contributed by atoms with van der Waals surface area (Å²) in [4.78, 5) is 14.5. The minimum Gasteiger partial charge on any atom is -0.481 e. The smallest absolute Gasteiger partial charge is 0.263 e. The van der Waals surface area contributed by atoms with E-state index in [0.29, 0.717) is 0 Å². The molecule has 5 heteroatoms. The van der Waals surface area contributed by atoms with Crippen LogP contribution in [0.25, 0.3) is 0 Å². The van der Waals surface area contributed by atoms with Crippen molar-refractivity contribution in [2.45, 2.75) is 64.6 Å². The first kappa shape index (κ1) is 16.7. The van der Waals surface area contributed by atoms with Crippen LogP contribution < -0.4 is 4.74 Å². The molecule has 0 spiro atoms. The number of rotatable bonds is 5. The van der Waals surface area contributed by atoms with Crippen molar-refractivity contribution < 1.29 is 18.3 Å². The van der Waals surface area contributed by atoms with E-state index in [0.717, 1.165) is 37.8 Å². The molecule has 0 saturated heterocycles. The molecule has 1 aromatic carbocycles. The molecular weight excluding hydrogens is 288 g/mol. The average Bonchev–Trinajstić information content (AvgIpc) is 2.96. The Labute approximate surface area is 130 Å². The Bertz CT molecular complexity index is 527. The fourth-order valence-corrected chi connectivity index (χ4v) is 3.05. The second-order valence-electron chi connectivity index (χ2n) is 6.11. The summed E-state index contributed by atoms with van der Waals surface area (Å²) < 4.78 is 31.6. The summed E-state index contributed by atoms with van der Waals surface area (Å²) in [7, 11) is 0. The van der Waals surface area contributed by atoms with Crippen LogP contribution in [0.4, 0.5) is 8.78 Å². The Morgan fingerprint density at radius 1 is 1.18 bits per heavy atom.